The molecule has 0 aliphatic rings. The van der Waals surface area contributed by atoms with Gasteiger partial charge >= 0.3 is 0 Å². The number of nitro benzene ring substituents is 1. The summed E-state index contributed by atoms with van der Waals surface area (Å²) in [6.07, 6.45) is 5.07. The summed E-state index contributed by atoms with van der Waals surface area (Å²) in [6, 6.07) is 5.78. The number of amides is 1. The average molecular weight is 218 g/mol. The molecule has 0 aliphatic heterocycles. The third-order valence-corrected chi connectivity index (χ3v) is 2.01. The molecule has 0 aliphatic carbocycles. The Morgan fingerprint density at radius 2 is 2.19 bits per heavy atom. The number of terminal acetylenes is 1. The highest BCUT2D eigenvalue weighted by atomic mass is 16.6. The maximum Gasteiger partial charge on any atom is 0.282 e. The van der Waals surface area contributed by atoms with Gasteiger partial charge in [-0.2, -0.15) is 0 Å². The molecule has 0 saturated heterocycles. The summed E-state index contributed by atoms with van der Waals surface area (Å²) >= 11 is 0. The Labute approximate surface area is 92.8 Å². The van der Waals surface area contributed by atoms with E-state index in [9.17, 15) is 14.9 Å². The van der Waals surface area contributed by atoms with Crippen molar-refractivity contribution in [1.82, 2.24) is 4.90 Å². The van der Waals surface area contributed by atoms with Crippen LogP contribution in [0.25, 0.3) is 0 Å². The Bertz CT molecular complexity index is 463. The second kappa shape index (κ2) is 4.94. The van der Waals surface area contributed by atoms with Crippen LogP contribution in [0.1, 0.15) is 10.4 Å². The quantitative estimate of drug-likeness (QED) is 0.436. The van der Waals surface area contributed by atoms with E-state index in [1.807, 2.05) is 0 Å². The molecule has 0 aromatic heterocycles. The molecule has 1 aromatic rings. The Morgan fingerprint density at radius 1 is 1.56 bits per heavy atom. The topological polar surface area (TPSA) is 63.5 Å². The zero-order valence-electron chi connectivity index (χ0n) is 8.71. The Hall–Kier alpha value is -2.35. The van der Waals surface area contributed by atoms with Crippen LogP contribution < -0.4 is 0 Å². The van der Waals surface area contributed by atoms with Crippen molar-refractivity contribution in [2.45, 2.75) is 0 Å². The number of rotatable bonds is 3. The number of nitrogens with zero attached hydrogens (tertiary/aromatic N) is 2. The molecule has 1 amide bonds. The molecule has 5 nitrogen and oxygen atoms in total. The zero-order valence-corrected chi connectivity index (χ0v) is 8.71. The van der Waals surface area contributed by atoms with E-state index in [0.29, 0.717) is 0 Å². The molecular weight excluding hydrogens is 208 g/mol. The number of nitro groups is 1. The number of hydrogen-bond acceptors (Lipinski definition) is 3. The van der Waals surface area contributed by atoms with Crippen molar-refractivity contribution in [1.29, 1.82) is 0 Å². The fraction of sp³-hybridized carbons (Fsp3) is 0.182. The molecule has 0 atom stereocenters. The van der Waals surface area contributed by atoms with Crippen molar-refractivity contribution < 1.29 is 9.72 Å². The maximum absolute atomic E-state index is 11.8. The zero-order chi connectivity index (χ0) is 12.1. The highest BCUT2D eigenvalue weighted by Crippen LogP contribution is 2.18. The molecule has 16 heavy (non-hydrogen) atoms. The van der Waals surface area contributed by atoms with E-state index in [2.05, 4.69) is 5.92 Å². The Morgan fingerprint density at radius 3 is 2.75 bits per heavy atom. The lowest BCUT2D eigenvalue weighted by Crippen LogP contribution is -2.27. The first-order chi connectivity index (χ1) is 7.57. The summed E-state index contributed by atoms with van der Waals surface area (Å²) in [5, 5.41) is 10.7. The number of para-hydroxylation sites is 1. The summed E-state index contributed by atoms with van der Waals surface area (Å²) in [6.45, 7) is 0.116. The van der Waals surface area contributed by atoms with E-state index in [1.54, 1.807) is 6.07 Å². The number of hydrogen-bond donors (Lipinski definition) is 0. The lowest BCUT2D eigenvalue weighted by Gasteiger charge is -2.13. The molecular formula is C11H10N2O3. The number of benzene rings is 1. The number of carbonyl (C=O) groups excluding carboxylic acids is 1. The van der Waals surface area contributed by atoms with Gasteiger partial charge in [0.25, 0.3) is 11.6 Å². The predicted molar refractivity (Wildman–Crippen MR) is 58.9 cm³/mol. The first-order valence-electron chi connectivity index (χ1n) is 4.50. The molecule has 82 valence electrons. The largest absolute Gasteiger partial charge is 0.330 e. The maximum atomic E-state index is 11.8. The van der Waals surface area contributed by atoms with E-state index in [0.717, 1.165) is 0 Å². The first kappa shape index (κ1) is 11.7. The monoisotopic (exact) mass is 218 g/mol. The minimum absolute atomic E-state index is 0.0465. The van der Waals surface area contributed by atoms with Crippen LogP contribution >= 0.6 is 0 Å². The average Bonchev–Trinajstić information content (AvgIpc) is 2.28. The molecule has 0 fully saturated rings. The summed E-state index contributed by atoms with van der Waals surface area (Å²) in [7, 11) is 1.50. The SMILES string of the molecule is C#CCN(C)C(=O)c1ccccc1[N+](=O)[O-]. The first-order valence-corrected chi connectivity index (χ1v) is 4.50. The molecule has 0 saturated carbocycles. The third kappa shape index (κ3) is 2.36. The molecule has 0 unspecified atom stereocenters. The molecule has 5 heteroatoms. The molecule has 0 radical (unpaired) electrons. The Kier molecular flexibility index (Phi) is 3.62. The van der Waals surface area contributed by atoms with Crippen LogP contribution in [0.15, 0.2) is 24.3 Å². The minimum Gasteiger partial charge on any atom is -0.330 e. The molecule has 0 N–H and O–H groups in total. The lowest BCUT2D eigenvalue weighted by atomic mass is 10.1. The van der Waals surface area contributed by atoms with E-state index >= 15 is 0 Å². The van der Waals surface area contributed by atoms with E-state index < -0.39 is 10.8 Å². The molecule has 0 spiro atoms. The van der Waals surface area contributed by atoms with Crippen LogP contribution in [0, 0.1) is 22.5 Å². The summed E-state index contributed by atoms with van der Waals surface area (Å²) in [5.74, 6) is 1.85. The van der Waals surface area contributed by atoms with Gasteiger partial charge in [-0.15, -0.1) is 6.42 Å². The van der Waals surface area contributed by atoms with Gasteiger partial charge in [0.05, 0.1) is 11.5 Å². The lowest BCUT2D eigenvalue weighted by molar-refractivity contribution is -0.385. The standard InChI is InChI=1S/C11H10N2O3/c1-3-8-12(2)11(14)9-6-4-5-7-10(9)13(15)16/h1,4-7H,8H2,2H3. The molecule has 1 rings (SSSR count). The van der Waals surface area contributed by atoms with Gasteiger partial charge in [0, 0.05) is 13.1 Å². The van der Waals surface area contributed by atoms with Gasteiger partial charge in [0.1, 0.15) is 5.56 Å². The van der Waals surface area contributed by atoms with Crippen molar-refractivity contribution in [2.75, 3.05) is 13.6 Å². The van der Waals surface area contributed by atoms with Crippen LogP contribution in [0.2, 0.25) is 0 Å². The number of carbonyl (C=O) groups is 1. The minimum atomic E-state index is -0.586. The summed E-state index contributed by atoms with van der Waals surface area (Å²) in [4.78, 5) is 23.2. The normalized spacial score (nSPS) is 9.25. The smallest absolute Gasteiger partial charge is 0.282 e. The van der Waals surface area contributed by atoms with Crippen LogP contribution in [-0.4, -0.2) is 29.3 Å². The molecule has 0 bridgehead atoms. The molecule has 0 heterocycles. The highest BCUT2D eigenvalue weighted by Gasteiger charge is 2.21. The van der Waals surface area contributed by atoms with E-state index in [4.69, 9.17) is 6.42 Å². The van der Waals surface area contributed by atoms with Gasteiger partial charge in [-0.1, -0.05) is 18.1 Å². The van der Waals surface area contributed by atoms with Crippen LogP contribution in [0.5, 0.6) is 0 Å². The van der Waals surface area contributed by atoms with Crippen molar-refractivity contribution in [3.63, 3.8) is 0 Å². The Balaban J connectivity index is 3.09. The highest BCUT2D eigenvalue weighted by molar-refractivity contribution is 5.98. The van der Waals surface area contributed by atoms with Gasteiger partial charge in [0.2, 0.25) is 0 Å². The van der Waals surface area contributed by atoms with Crippen molar-refractivity contribution in [3.8, 4) is 12.3 Å². The van der Waals surface area contributed by atoms with Gasteiger partial charge in [-0.05, 0) is 6.07 Å². The van der Waals surface area contributed by atoms with E-state index in [1.165, 1.54) is 30.1 Å². The van der Waals surface area contributed by atoms with Gasteiger partial charge < -0.3 is 4.90 Å². The van der Waals surface area contributed by atoms with Crippen LogP contribution in [0.4, 0.5) is 5.69 Å². The summed E-state index contributed by atoms with van der Waals surface area (Å²) < 4.78 is 0. The third-order valence-electron chi connectivity index (χ3n) is 2.01. The van der Waals surface area contributed by atoms with Gasteiger partial charge in [-0.3, -0.25) is 14.9 Å². The van der Waals surface area contributed by atoms with Crippen molar-refractivity contribution >= 4 is 11.6 Å². The second-order valence-corrected chi connectivity index (χ2v) is 3.14. The van der Waals surface area contributed by atoms with Crippen molar-refractivity contribution in [3.05, 3.63) is 39.9 Å². The predicted octanol–water partition coefficient (Wildman–Crippen LogP) is 1.30. The van der Waals surface area contributed by atoms with E-state index in [-0.39, 0.29) is 17.8 Å². The fourth-order valence-corrected chi connectivity index (χ4v) is 1.23. The summed E-state index contributed by atoms with van der Waals surface area (Å²) in [5.41, 5.74) is -0.165. The van der Waals surface area contributed by atoms with Gasteiger partial charge in [-0.25, -0.2) is 0 Å². The van der Waals surface area contributed by atoms with Crippen molar-refractivity contribution in [2.24, 2.45) is 0 Å². The van der Waals surface area contributed by atoms with Crippen LogP contribution in [-0.2, 0) is 0 Å². The fourth-order valence-electron chi connectivity index (χ4n) is 1.23. The van der Waals surface area contributed by atoms with Crippen LogP contribution in [0.3, 0.4) is 0 Å². The molecule has 1 aromatic carbocycles. The van der Waals surface area contributed by atoms with Gasteiger partial charge in [0.15, 0.2) is 0 Å². The second-order valence-electron chi connectivity index (χ2n) is 3.14.